The van der Waals surface area contributed by atoms with Gasteiger partial charge in [0.2, 0.25) is 0 Å². The number of ether oxygens (including phenoxy) is 1. The van der Waals surface area contributed by atoms with Crippen molar-refractivity contribution in [3.63, 3.8) is 0 Å². The van der Waals surface area contributed by atoms with E-state index >= 15 is 0 Å². The molecule has 0 saturated carbocycles. The summed E-state index contributed by atoms with van der Waals surface area (Å²) < 4.78 is 5.18. The van der Waals surface area contributed by atoms with Crippen molar-refractivity contribution in [2.24, 2.45) is 0 Å². The van der Waals surface area contributed by atoms with Gasteiger partial charge in [0.1, 0.15) is 11.4 Å². The van der Waals surface area contributed by atoms with Gasteiger partial charge in [-0.1, -0.05) is 41.9 Å². The molecule has 2 N–H and O–H groups in total. The molecule has 3 aromatic rings. The van der Waals surface area contributed by atoms with Crippen molar-refractivity contribution in [1.82, 2.24) is 10.2 Å². The molecule has 126 valence electrons. The minimum absolute atomic E-state index is 0.291. The first-order valence-electron chi connectivity index (χ1n) is 7.68. The monoisotopic (exact) mass is 352 g/mol. The third-order valence-electron chi connectivity index (χ3n) is 3.83. The highest BCUT2D eigenvalue weighted by atomic mass is 35.5. The van der Waals surface area contributed by atoms with Gasteiger partial charge in [-0.15, -0.1) is 10.2 Å². The molecule has 0 saturated heterocycles. The summed E-state index contributed by atoms with van der Waals surface area (Å²) in [5.41, 5.74) is 2.91. The lowest BCUT2D eigenvalue weighted by atomic mass is 10.0. The SMILES string of the molecule is CNc1nnc(-c2ccc(OC)cc2)c(Cl)c1C(=N)c1ccccc1. The molecule has 1 aromatic heterocycles. The zero-order valence-electron chi connectivity index (χ0n) is 13.9. The van der Waals surface area contributed by atoms with Crippen LogP contribution in [0.15, 0.2) is 54.6 Å². The number of hydrogen-bond acceptors (Lipinski definition) is 5. The van der Waals surface area contributed by atoms with E-state index in [1.807, 2.05) is 54.6 Å². The molecule has 0 bridgehead atoms. The molecule has 25 heavy (non-hydrogen) atoms. The fourth-order valence-corrected chi connectivity index (χ4v) is 2.83. The molecule has 0 aliphatic carbocycles. The molecule has 2 aromatic carbocycles. The maximum absolute atomic E-state index is 8.57. The van der Waals surface area contributed by atoms with Gasteiger partial charge in [-0.25, -0.2) is 0 Å². The van der Waals surface area contributed by atoms with Crippen LogP contribution in [0.3, 0.4) is 0 Å². The fourth-order valence-electron chi connectivity index (χ4n) is 2.50. The van der Waals surface area contributed by atoms with E-state index in [1.165, 1.54) is 0 Å². The zero-order valence-corrected chi connectivity index (χ0v) is 14.6. The highest BCUT2D eigenvalue weighted by Gasteiger charge is 2.20. The van der Waals surface area contributed by atoms with Gasteiger partial charge < -0.3 is 10.1 Å². The molecule has 3 rings (SSSR count). The van der Waals surface area contributed by atoms with Crippen LogP contribution in [0.1, 0.15) is 11.1 Å². The smallest absolute Gasteiger partial charge is 0.159 e. The molecule has 0 atom stereocenters. The van der Waals surface area contributed by atoms with Crippen molar-refractivity contribution in [2.75, 3.05) is 19.5 Å². The third kappa shape index (κ3) is 3.32. The average Bonchev–Trinajstić information content (AvgIpc) is 2.68. The first-order valence-corrected chi connectivity index (χ1v) is 8.06. The minimum atomic E-state index is 0.291. The maximum Gasteiger partial charge on any atom is 0.159 e. The molecule has 1 heterocycles. The largest absolute Gasteiger partial charge is 0.497 e. The van der Waals surface area contributed by atoms with Crippen LogP contribution in [-0.2, 0) is 0 Å². The van der Waals surface area contributed by atoms with Crippen molar-refractivity contribution < 1.29 is 4.74 Å². The Hall–Kier alpha value is -2.92. The topological polar surface area (TPSA) is 70.9 Å². The molecule has 0 aliphatic rings. The second-order valence-corrected chi connectivity index (χ2v) is 5.68. The summed E-state index contributed by atoms with van der Waals surface area (Å²) in [5, 5.41) is 20.4. The van der Waals surface area contributed by atoms with Crippen molar-refractivity contribution >= 4 is 23.1 Å². The van der Waals surface area contributed by atoms with Crippen LogP contribution in [0.2, 0.25) is 5.02 Å². The zero-order chi connectivity index (χ0) is 17.8. The van der Waals surface area contributed by atoms with Crippen LogP contribution in [0.25, 0.3) is 11.3 Å². The van der Waals surface area contributed by atoms with Crippen molar-refractivity contribution in [3.8, 4) is 17.0 Å². The van der Waals surface area contributed by atoms with Gasteiger partial charge in [0.25, 0.3) is 0 Å². The van der Waals surface area contributed by atoms with Gasteiger partial charge in [-0.3, -0.25) is 5.41 Å². The standard InChI is InChI=1S/C19H17ClN4O/c1-22-19-15(17(21)12-6-4-3-5-7-12)16(20)18(23-24-19)13-8-10-14(25-2)11-9-13/h3-11,21H,1-2H3,(H,22,24). The van der Waals surface area contributed by atoms with E-state index in [1.54, 1.807) is 14.2 Å². The number of hydrogen-bond donors (Lipinski definition) is 2. The molecular formula is C19H17ClN4O. The second-order valence-electron chi connectivity index (χ2n) is 5.31. The fraction of sp³-hybridized carbons (Fsp3) is 0.105. The molecule has 5 nitrogen and oxygen atoms in total. The number of benzene rings is 2. The van der Waals surface area contributed by atoms with Crippen molar-refractivity contribution in [1.29, 1.82) is 5.41 Å². The lowest BCUT2D eigenvalue weighted by Crippen LogP contribution is -2.10. The predicted molar refractivity (Wildman–Crippen MR) is 101 cm³/mol. The molecule has 0 fully saturated rings. The predicted octanol–water partition coefficient (Wildman–Crippen LogP) is 4.26. The number of rotatable bonds is 5. The number of halogens is 1. The van der Waals surface area contributed by atoms with Gasteiger partial charge in [0.05, 0.1) is 23.4 Å². The molecule has 0 radical (unpaired) electrons. The van der Waals surface area contributed by atoms with E-state index < -0.39 is 0 Å². The molecule has 0 spiro atoms. The summed E-state index contributed by atoms with van der Waals surface area (Å²) in [6.07, 6.45) is 0. The van der Waals surface area contributed by atoms with E-state index in [2.05, 4.69) is 15.5 Å². The van der Waals surface area contributed by atoms with Gasteiger partial charge in [-0.2, -0.15) is 0 Å². The van der Waals surface area contributed by atoms with Crippen molar-refractivity contribution in [3.05, 3.63) is 70.7 Å². The quantitative estimate of drug-likeness (QED) is 0.673. The Morgan fingerprint density at radius 3 is 2.32 bits per heavy atom. The number of methoxy groups -OCH3 is 1. The minimum Gasteiger partial charge on any atom is -0.497 e. The maximum atomic E-state index is 8.57. The van der Waals surface area contributed by atoms with Crippen LogP contribution in [-0.4, -0.2) is 30.1 Å². The second kappa shape index (κ2) is 7.32. The summed E-state index contributed by atoms with van der Waals surface area (Å²) in [4.78, 5) is 0. The number of nitrogens with one attached hydrogen (secondary N) is 2. The van der Waals surface area contributed by atoms with Crippen molar-refractivity contribution in [2.45, 2.75) is 0 Å². The molecule has 6 heteroatoms. The number of aromatic nitrogens is 2. The Labute approximate surface area is 151 Å². The Balaban J connectivity index is 2.12. The van der Waals surface area contributed by atoms with Crippen LogP contribution < -0.4 is 10.1 Å². The Kier molecular flexibility index (Phi) is 4.95. The lowest BCUT2D eigenvalue weighted by Gasteiger charge is -2.14. The molecule has 0 aliphatic heterocycles. The van der Waals surface area contributed by atoms with E-state index in [9.17, 15) is 0 Å². The van der Waals surface area contributed by atoms with E-state index in [0.717, 1.165) is 16.9 Å². The van der Waals surface area contributed by atoms with Crippen LogP contribution in [0.5, 0.6) is 5.75 Å². The van der Waals surface area contributed by atoms with E-state index in [0.29, 0.717) is 27.8 Å². The average molecular weight is 353 g/mol. The normalized spacial score (nSPS) is 10.4. The lowest BCUT2D eigenvalue weighted by molar-refractivity contribution is 0.415. The van der Waals surface area contributed by atoms with E-state index in [4.69, 9.17) is 21.7 Å². The Morgan fingerprint density at radius 1 is 1.04 bits per heavy atom. The number of anilines is 1. The number of nitrogens with zero attached hydrogens (tertiary/aromatic N) is 2. The molecular weight excluding hydrogens is 336 g/mol. The summed E-state index contributed by atoms with van der Waals surface area (Å²) in [6, 6.07) is 16.8. The van der Waals surface area contributed by atoms with Gasteiger partial charge in [-0.05, 0) is 24.3 Å². The highest BCUT2D eigenvalue weighted by Crippen LogP contribution is 2.33. The van der Waals surface area contributed by atoms with Crippen LogP contribution in [0, 0.1) is 5.41 Å². The van der Waals surface area contributed by atoms with Gasteiger partial charge in [0, 0.05) is 18.2 Å². The first-order chi connectivity index (χ1) is 12.2. The van der Waals surface area contributed by atoms with Crippen LogP contribution >= 0.6 is 11.6 Å². The summed E-state index contributed by atoms with van der Waals surface area (Å²) in [6.45, 7) is 0. The Bertz CT molecular complexity index is 895. The summed E-state index contributed by atoms with van der Waals surface area (Å²) in [7, 11) is 3.35. The van der Waals surface area contributed by atoms with Gasteiger partial charge >= 0.3 is 0 Å². The summed E-state index contributed by atoms with van der Waals surface area (Å²) in [5.74, 6) is 1.22. The Morgan fingerprint density at radius 2 is 1.72 bits per heavy atom. The summed E-state index contributed by atoms with van der Waals surface area (Å²) >= 11 is 6.63. The highest BCUT2D eigenvalue weighted by molar-refractivity contribution is 6.38. The van der Waals surface area contributed by atoms with Gasteiger partial charge in [0.15, 0.2) is 5.82 Å². The van der Waals surface area contributed by atoms with E-state index in [-0.39, 0.29) is 0 Å². The molecule has 0 unspecified atom stereocenters. The van der Waals surface area contributed by atoms with Crippen LogP contribution in [0.4, 0.5) is 5.82 Å². The molecule has 0 amide bonds. The third-order valence-corrected chi connectivity index (χ3v) is 4.19. The first kappa shape index (κ1) is 16.9.